The molecule has 21 heavy (non-hydrogen) atoms. The van der Waals surface area contributed by atoms with Gasteiger partial charge in [-0.25, -0.2) is 0 Å². The number of hydrogen-bond acceptors (Lipinski definition) is 4. The molecule has 0 aliphatic rings. The van der Waals surface area contributed by atoms with Crippen LogP contribution in [0.3, 0.4) is 0 Å². The molecule has 0 aliphatic carbocycles. The van der Waals surface area contributed by atoms with Gasteiger partial charge in [0.05, 0.1) is 14.2 Å². The van der Waals surface area contributed by atoms with Gasteiger partial charge in [-0.1, -0.05) is 6.92 Å². The van der Waals surface area contributed by atoms with Crippen molar-refractivity contribution in [2.75, 3.05) is 34.0 Å². The smallest absolute Gasteiger partial charge is 0.123 e. The molecule has 1 rings (SSSR count). The number of hydrogen-bond donors (Lipinski definition) is 1. The summed E-state index contributed by atoms with van der Waals surface area (Å²) in [5, 5.41) is 3.60. The van der Waals surface area contributed by atoms with Crippen LogP contribution < -0.4 is 14.8 Å². The highest BCUT2D eigenvalue weighted by Crippen LogP contribution is 2.31. The molecule has 0 aliphatic heterocycles. The normalized spacial score (nSPS) is 12.2. The monoisotopic (exact) mass is 295 g/mol. The molecule has 1 aromatic carbocycles. The fourth-order valence-corrected chi connectivity index (χ4v) is 2.33. The Morgan fingerprint density at radius 1 is 1.14 bits per heavy atom. The van der Waals surface area contributed by atoms with E-state index < -0.39 is 0 Å². The maximum Gasteiger partial charge on any atom is 0.123 e. The lowest BCUT2D eigenvalue weighted by molar-refractivity contribution is 0.140. The molecule has 0 spiro atoms. The van der Waals surface area contributed by atoms with Crippen molar-refractivity contribution in [1.29, 1.82) is 0 Å². The molecule has 0 bridgehead atoms. The van der Waals surface area contributed by atoms with Gasteiger partial charge in [0.15, 0.2) is 0 Å². The second-order valence-corrected chi connectivity index (χ2v) is 4.95. The third-order valence-corrected chi connectivity index (χ3v) is 3.44. The Morgan fingerprint density at radius 3 is 2.57 bits per heavy atom. The summed E-state index contributed by atoms with van der Waals surface area (Å²) in [6.07, 6.45) is 3.15. The van der Waals surface area contributed by atoms with Crippen LogP contribution in [-0.4, -0.2) is 34.0 Å². The summed E-state index contributed by atoms with van der Waals surface area (Å²) in [6.45, 7) is 6.76. The molecule has 4 heteroatoms. The highest BCUT2D eigenvalue weighted by molar-refractivity contribution is 5.42. The Morgan fingerprint density at radius 2 is 1.95 bits per heavy atom. The lowest BCUT2D eigenvalue weighted by Crippen LogP contribution is -2.23. The summed E-state index contributed by atoms with van der Waals surface area (Å²) in [6, 6.07) is 6.22. The van der Waals surface area contributed by atoms with Gasteiger partial charge in [-0.05, 0) is 50.9 Å². The van der Waals surface area contributed by atoms with Crippen LogP contribution in [0.5, 0.6) is 11.5 Å². The molecule has 0 saturated heterocycles. The summed E-state index contributed by atoms with van der Waals surface area (Å²) in [5.41, 5.74) is 1.15. The van der Waals surface area contributed by atoms with Crippen molar-refractivity contribution < 1.29 is 14.2 Å². The van der Waals surface area contributed by atoms with E-state index in [-0.39, 0.29) is 6.04 Å². The van der Waals surface area contributed by atoms with E-state index in [4.69, 9.17) is 14.2 Å². The number of methoxy groups -OCH3 is 2. The van der Waals surface area contributed by atoms with Crippen molar-refractivity contribution in [2.45, 2.75) is 39.2 Å². The highest BCUT2D eigenvalue weighted by atomic mass is 16.5. The van der Waals surface area contributed by atoms with Crippen LogP contribution in [0.15, 0.2) is 18.2 Å². The molecule has 0 saturated carbocycles. The highest BCUT2D eigenvalue weighted by Gasteiger charge is 2.16. The third-order valence-electron chi connectivity index (χ3n) is 3.44. The van der Waals surface area contributed by atoms with Gasteiger partial charge in [0.1, 0.15) is 11.5 Å². The molecule has 0 radical (unpaired) electrons. The molecule has 1 aromatic rings. The number of ether oxygens (including phenoxy) is 3. The summed E-state index contributed by atoms with van der Waals surface area (Å²) in [4.78, 5) is 0. The number of nitrogens with one attached hydrogen (secondary N) is 1. The van der Waals surface area contributed by atoms with Crippen LogP contribution in [0.4, 0.5) is 0 Å². The minimum atomic E-state index is 0.260. The van der Waals surface area contributed by atoms with Gasteiger partial charge in [0.25, 0.3) is 0 Å². The van der Waals surface area contributed by atoms with E-state index in [0.29, 0.717) is 0 Å². The van der Waals surface area contributed by atoms with Crippen molar-refractivity contribution in [2.24, 2.45) is 0 Å². The summed E-state index contributed by atoms with van der Waals surface area (Å²) in [5.74, 6) is 1.76. The van der Waals surface area contributed by atoms with Gasteiger partial charge in [0.2, 0.25) is 0 Å². The maximum atomic E-state index is 5.51. The molecular weight excluding hydrogens is 266 g/mol. The average Bonchev–Trinajstić information content (AvgIpc) is 2.53. The van der Waals surface area contributed by atoms with E-state index in [9.17, 15) is 0 Å². The molecule has 0 fully saturated rings. The summed E-state index contributed by atoms with van der Waals surface area (Å²) < 4.78 is 16.3. The van der Waals surface area contributed by atoms with E-state index in [0.717, 1.165) is 56.1 Å². The molecule has 1 atom stereocenters. The van der Waals surface area contributed by atoms with E-state index in [1.54, 1.807) is 14.2 Å². The minimum absolute atomic E-state index is 0.260. The average molecular weight is 295 g/mol. The Kier molecular flexibility index (Phi) is 8.87. The first-order chi connectivity index (χ1) is 10.3. The van der Waals surface area contributed by atoms with Crippen LogP contribution in [-0.2, 0) is 4.74 Å². The molecule has 1 unspecified atom stereocenters. The van der Waals surface area contributed by atoms with Crippen LogP contribution in [0, 0.1) is 0 Å². The Balaban J connectivity index is 2.83. The zero-order valence-electron chi connectivity index (χ0n) is 13.8. The van der Waals surface area contributed by atoms with E-state index in [2.05, 4.69) is 18.3 Å². The van der Waals surface area contributed by atoms with Gasteiger partial charge in [-0.2, -0.15) is 0 Å². The first kappa shape index (κ1) is 17.8. The fourth-order valence-electron chi connectivity index (χ4n) is 2.33. The number of benzene rings is 1. The summed E-state index contributed by atoms with van der Waals surface area (Å²) in [7, 11) is 3.40. The first-order valence-corrected chi connectivity index (χ1v) is 7.79. The molecule has 1 N–H and O–H groups in total. The number of rotatable bonds is 11. The zero-order valence-corrected chi connectivity index (χ0v) is 13.8. The Hall–Kier alpha value is -1.26. The second-order valence-electron chi connectivity index (χ2n) is 4.95. The van der Waals surface area contributed by atoms with Gasteiger partial charge >= 0.3 is 0 Å². The first-order valence-electron chi connectivity index (χ1n) is 7.79. The Bertz CT molecular complexity index is 396. The SMILES string of the molecule is CCCNC(CCCOCC)c1cc(OC)ccc1OC. The predicted octanol–water partition coefficient (Wildman–Crippen LogP) is 3.56. The largest absolute Gasteiger partial charge is 0.497 e. The lowest BCUT2D eigenvalue weighted by Gasteiger charge is -2.22. The topological polar surface area (TPSA) is 39.7 Å². The zero-order chi connectivity index (χ0) is 15.5. The lowest BCUT2D eigenvalue weighted by atomic mass is 10.0. The van der Waals surface area contributed by atoms with Crippen LogP contribution in [0.1, 0.15) is 44.7 Å². The summed E-state index contributed by atoms with van der Waals surface area (Å²) >= 11 is 0. The van der Waals surface area contributed by atoms with Crippen molar-refractivity contribution >= 4 is 0 Å². The molecular formula is C17H29NO3. The van der Waals surface area contributed by atoms with Crippen LogP contribution in [0.2, 0.25) is 0 Å². The second kappa shape index (κ2) is 10.5. The van der Waals surface area contributed by atoms with Crippen molar-refractivity contribution in [3.05, 3.63) is 23.8 Å². The predicted molar refractivity (Wildman–Crippen MR) is 86.3 cm³/mol. The molecule has 0 heterocycles. The van der Waals surface area contributed by atoms with Crippen molar-refractivity contribution in [3.8, 4) is 11.5 Å². The quantitative estimate of drug-likeness (QED) is 0.634. The van der Waals surface area contributed by atoms with Gasteiger partial charge in [-0.3, -0.25) is 0 Å². The van der Waals surface area contributed by atoms with Crippen molar-refractivity contribution in [1.82, 2.24) is 5.32 Å². The Labute approximate surface area is 128 Å². The maximum absolute atomic E-state index is 5.51. The third kappa shape index (κ3) is 5.94. The van der Waals surface area contributed by atoms with Gasteiger partial charge in [0, 0.05) is 24.8 Å². The van der Waals surface area contributed by atoms with E-state index >= 15 is 0 Å². The van der Waals surface area contributed by atoms with Gasteiger partial charge < -0.3 is 19.5 Å². The van der Waals surface area contributed by atoms with Crippen molar-refractivity contribution in [3.63, 3.8) is 0 Å². The van der Waals surface area contributed by atoms with Gasteiger partial charge in [-0.15, -0.1) is 0 Å². The van der Waals surface area contributed by atoms with E-state index in [1.807, 2.05) is 19.1 Å². The minimum Gasteiger partial charge on any atom is -0.497 e. The van der Waals surface area contributed by atoms with Crippen LogP contribution >= 0.6 is 0 Å². The standard InChI is InChI=1S/C17H29NO3/c1-5-11-18-16(8-7-12-21-6-2)15-13-14(19-3)9-10-17(15)20-4/h9-10,13,16,18H,5-8,11-12H2,1-4H3. The van der Waals surface area contributed by atoms with Crippen LogP contribution in [0.25, 0.3) is 0 Å². The fraction of sp³-hybridized carbons (Fsp3) is 0.647. The van der Waals surface area contributed by atoms with E-state index in [1.165, 1.54) is 0 Å². The molecule has 4 nitrogen and oxygen atoms in total. The molecule has 0 aromatic heterocycles. The molecule has 0 amide bonds. The molecule has 120 valence electrons.